The van der Waals surface area contributed by atoms with Crippen LogP contribution in [0, 0.1) is 0 Å². The molecule has 0 aliphatic heterocycles. The minimum atomic E-state index is 0.00849. The van der Waals surface area contributed by atoms with Gasteiger partial charge in [0, 0.05) is 16.1 Å². The summed E-state index contributed by atoms with van der Waals surface area (Å²) in [6.07, 6.45) is 1.50. The highest BCUT2D eigenvalue weighted by Crippen LogP contribution is 2.28. The summed E-state index contributed by atoms with van der Waals surface area (Å²) in [5.74, 6) is 0.208. The lowest BCUT2D eigenvalue weighted by molar-refractivity contribution is 0.103. The van der Waals surface area contributed by atoms with Gasteiger partial charge >= 0.3 is 0 Å². The fourth-order valence-corrected chi connectivity index (χ4v) is 2.61. The monoisotopic (exact) mass is 258 g/mol. The van der Waals surface area contributed by atoms with Crippen molar-refractivity contribution in [2.24, 2.45) is 0 Å². The summed E-state index contributed by atoms with van der Waals surface area (Å²) in [5, 5.41) is 10.1. The van der Waals surface area contributed by atoms with Gasteiger partial charge in [0.2, 0.25) is 0 Å². The van der Waals surface area contributed by atoms with Crippen LogP contribution in [0.15, 0.2) is 36.4 Å². The SMILES string of the molecule is O=C1c2ccc(O)cc2CCc2cc(Cl)ccc21. The number of phenolic OH excluding ortho intramolecular Hbond substituents is 1. The van der Waals surface area contributed by atoms with Gasteiger partial charge in [-0.25, -0.2) is 0 Å². The third-order valence-corrected chi connectivity index (χ3v) is 3.54. The molecule has 0 saturated heterocycles. The number of rotatable bonds is 0. The molecule has 0 saturated carbocycles. The Bertz CT molecular complexity index is 591. The van der Waals surface area contributed by atoms with Crippen LogP contribution in [0.5, 0.6) is 5.75 Å². The van der Waals surface area contributed by atoms with Crippen molar-refractivity contribution in [3.05, 3.63) is 63.7 Å². The van der Waals surface area contributed by atoms with E-state index in [1.54, 1.807) is 30.3 Å². The van der Waals surface area contributed by atoms with E-state index in [1.807, 2.05) is 6.07 Å². The van der Waals surface area contributed by atoms with Crippen LogP contribution >= 0.6 is 11.6 Å². The topological polar surface area (TPSA) is 37.3 Å². The lowest BCUT2D eigenvalue weighted by Crippen LogP contribution is -2.03. The summed E-state index contributed by atoms with van der Waals surface area (Å²) in [7, 11) is 0. The Labute approximate surface area is 110 Å². The summed E-state index contributed by atoms with van der Waals surface area (Å²) in [5.41, 5.74) is 3.26. The minimum absolute atomic E-state index is 0.00849. The second kappa shape index (κ2) is 4.14. The molecular formula is C15H11ClO2. The number of halogens is 1. The molecule has 3 rings (SSSR count). The van der Waals surface area contributed by atoms with Gasteiger partial charge in [-0.15, -0.1) is 0 Å². The van der Waals surface area contributed by atoms with Crippen molar-refractivity contribution in [2.75, 3.05) is 0 Å². The zero-order valence-corrected chi connectivity index (χ0v) is 10.4. The first-order valence-electron chi connectivity index (χ1n) is 5.80. The maximum absolute atomic E-state index is 12.4. The molecule has 1 aliphatic rings. The summed E-state index contributed by atoms with van der Waals surface area (Å²) in [6, 6.07) is 10.3. The van der Waals surface area contributed by atoms with E-state index in [9.17, 15) is 9.90 Å². The number of carbonyl (C=O) groups excluding carboxylic acids is 1. The van der Waals surface area contributed by atoms with Crippen molar-refractivity contribution in [1.29, 1.82) is 0 Å². The molecular weight excluding hydrogens is 248 g/mol. The Balaban J connectivity index is 2.18. The van der Waals surface area contributed by atoms with Crippen molar-refractivity contribution < 1.29 is 9.90 Å². The first-order chi connectivity index (χ1) is 8.65. The van der Waals surface area contributed by atoms with Gasteiger partial charge in [0.25, 0.3) is 0 Å². The predicted octanol–water partition coefficient (Wildman–Crippen LogP) is 3.38. The first-order valence-corrected chi connectivity index (χ1v) is 6.18. The Morgan fingerprint density at radius 2 is 1.56 bits per heavy atom. The van der Waals surface area contributed by atoms with Crippen LogP contribution in [0.3, 0.4) is 0 Å². The molecule has 0 bridgehead atoms. The van der Waals surface area contributed by atoms with Crippen LogP contribution < -0.4 is 0 Å². The molecule has 0 fully saturated rings. The van der Waals surface area contributed by atoms with Gasteiger partial charge in [-0.3, -0.25) is 4.79 Å². The quantitative estimate of drug-likeness (QED) is 0.787. The van der Waals surface area contributed by atoms with Crippen molar-refractivity contribution >= 4 is 17.4 Å². The Kier molecular flexibility index (Phi) is 2.60. The van der Waals surface area contributed by atoms with E-state index in [2.05, 4.69) is 0 Å². The van der Waals surface area contributed by atoms with E-state index in [1.165, 1.54) is 0 Å². The lowest BCUT2D eigenvalue weighted by atomic mass is 9.99. The average molecular weight is 259 g/mol. The molecule has 2 nitrogen and oxygen atoms in total. The molecule has 0 spiro atoms. The van der Waals surface area contributed by atoms with E-state index >= 15 is 0 Å². The van der Waals surface area contributed by atoms with Crippen LogP contribution in [-0.2, 0) is 12.8 Å². The molecule has 1 N–H and O–H groups in total. The molecule has 0 radical (unpaired) electrons. The fourth-order valence-electron chi connectivity index (χ4n) is 2.41. The van der Waals surface area contributed by atoms with Crippen molar-refractivity contribution in [2.45, 2.75) is 12.8 Å². The predicted molar refractivity (Wildman–Crippen MR) is 70.4 cm³/mol. The number of hydrogen-bond donors (Lipinski definition) is 1. The number of ketones is 1. The van der Waals surface area contributed by atoms with Gasteiger partial charge in [-0.2, -0.15) is 0 Å². The second-order valence-corrected chi connectivity index (χ2v) is 4.91. The molecule has 90 valence electrons. The standard InChI is InChI=1S/C15H11ClO2/c16-11-3-5-13-9(7-11)1-2-10-8-12(17)4-6-14(10)15(13)18/h3-8,17H,1-2H2. The molecule has 0 unspecified atom stereocenters. The molecule has 0 heterocycles. The Morgan fingerprint density at radius 3 is 2.28 bits per heavy atom. The summed E-state index contributed by atoms with van der Waals surface area (Å²) >= 11 is 5.96. The maximum atomic E-state index is 12.4. The highest BCUT2D eigenvalue weighted by molar-refractivity contribution is 6.30. The number of phenols is 1. The molecule has 2 aromatic rings. The zero-order valence-electron chi connectivity index (χ0n) is 9.61. The summed E-state index contributed by atoms with van der Waals surface area (Å²) < 4.78 is 0. The molecule has 0 atom stereocenters. The highest BCUT2D eigenvalue weighted by atomic mass is 35.5. The molecule has 1 aliphatic carbocycles. The summed E-state index contributed by atoms with van der Waals surface area (Å²) in [4.78, 5) is 12.4. The van der Waals surface area contributed by atoms with Gasteiger partial charge in [-0.1, -0.05) is 11.6 Å². The number of fused-ring (bicyclic) bond motifs is 2. The van der Waals surface area contributed by atoms with Crippen molar-refractivity contribution in [3.8, 4) is 5.75 Å². The van der Waals surface area contributed by atoms with E-state index in [4.69, 9.17) is 11.6 Å². The number of benzene rings is 2. The highest BCUT2D eigenvalue weighted by Gasteiger charge is 2.21. The molecule has 2 aromatic carbocycles. The van der Waals surface area contributed by atoms with E-state index < -0.39 is 0 Å². The second-order valence-electron chi connectivity index (χ2n) is 4.47. The third-order valence-electron chi connectivity index (χ3n) is 3.31. The maximum Gasteiger partial charge on any atom is 0.193 e. The Hall–Kier alpha value is -1.80. The molecule has 0 amide bonds. The average Bonchev–Trinajstić information content (AvgIpc) is 2.47. The molecule has 3 heteroatoms. The van der Waals surface area contributed by atoms with Gasteiger partial charge in [0.15, 0.2) is 5.78 Å². The van der Waals surface area contributed by atoms with Crippen molar-refractivity contribution in [1.82, 2.24) is 0 Å². The van der Waals surface area contributed by atoms with Gasteiger partial charge in [0.05, 0.1) is 0 Å². The van der Waals surface area contributed by atoms with E-state index in [0.717, 1.165) is 24.0 Å². The first kappa shape index (κ1) is 11.3. The van der Waals surface area contributed by atoms with Crippen LogP contribution in [0.1, 0.15) is 27.0 Å². The van der Waals surface area contributed by atoms with Gasteiger partial charge in [0.1, 0.15) is 5.75 Å². The normalized spacial score (nSPS) is 13.7. The minimum Gasteiger partial charge on any atom is -0.508 e. The number of aromatic hydroxyl groups is 1. The largest absolute Gasteiger partial charge is 0.508 e. The van der Waals surface area contributed by atoms with Crippen LogP contribution in [-0.4, -0.2) is 10.9 Å². The van der Waals surface area contributed by atoms with Crippen LogP contribution in [0.25, 0.3) is 0 Å². The molecule has 18 heavy (non-hydrogen) atoms. The van der Waals surface area contributed by atoms with Gasteiger partial charge in [-0.05, 0) is 60.4 Å². The van der Waals surface area contributed by atoms with E-state index in [0.29, 0.717) is 16.1 Å². The molecule has 0 aromatic heterocycles. The smallest absolute Gasteiger partial charge is 0.193 e. The van der Waals surface area contributed by atoms with E-state index in [-0.39, 0.29) is 11.5 Å². The number of carbonyl (C=O) groups is 1. The Morgan fingerprint density at radius 1 is 0.944 bits per heavy atom. The van der Waals surface area contributed by atoms with Crippen LogP contribution in [0.2, 0.25) is 5.02 Å². The lowest BCUT2D eigenvalue weighted by Gasteiger charge is -2.05. The van der Waals surface area contributed by atoms with Crippen LogP contribution in [0.4, 0.5) is 0 Å². The number of aryl methyl sites for hydroxylation is 2. The number of hydrogen-bond acceptors (Lipinski definition) is 2. The fraction of sp³-hybridized carbons (Fsp3) is 0.133. The van der Waals surface area contributed by atoms with Gasteiger partial charge < -0.3 is 5.11 Å². The summed E-state index contributed by atoms with van der Waals surface area (Å²) in [6.45, 7) is 0. The van der Waals surface area contributed by atoms with Crippen molar-refractivity contribution in [3.63, 3.8) is 0 Å². The zero-order chi connectivity index (χ0) is 12.7. The third kappa shape index (κ3) is 1.79.